The summed E-state index contributed by atoms with van der Waals surface area (Å²) in [6.07, 6.45) is -1.64. The number of aliphatic hydroxyl groups is 1. The van der Waals surface area contributed by atoms with E-state index < -0.39 is 23.3 Å². The summed E-state index contributed by atoms with van der Waals surface area (Å²) in [6, 6.07) is 11.8. The fourth-order valence-electron chi connectivity index (χ4n) is 6.52. The van der Waals surface area contributed by atoms with E-state index in [1.807, 2.05) is 12.1 Å². The normalized spacial score (nSPS) is 17.6. The summed E-state index contributed by atoms with van der Waals surface area (Å²) in [5.41, 5.74) is 3.16. The lowest BCUT2D eigenvalue weighted by Crippen LogP contribution is -2.27. The Morgan fingerprint density at radius 2 is 1.66 bits per heavy atom. The molecule has 2 aliphatic rings. The Morgan fingerprint density at radius 3 is 2.32 bits per heavy atom. The predicted octanol–water partition coefficient (Wildman–Crippen LogP) is 7.98. The molecule has 0 spiro atoms. The van der Waals surface area contributed by atoms with Gasteiger partial charge in [0, 0.05) is 17.5 Å². The molecular formula is C35H39F3O6. The van der Waals surface area contributed by atoms with E-state index >= 15 is 0 Å². The maximum Gasteiger partial charge on any atom is 0.417 e. The van der Waals surface area contributed by atoms with Crippen molar-refractivity contribution in [3.63, 3.8) is 0 Å². The van der Waals surface area contributed by atoms with Crippen molar-refractivity contribution in [1.82, 2.24) is 0 Å². The van der Waals surface area contributed by atoms with Gasteiger partial charge in [-0.2, -0.15) is 13.2 Å². The molecule has 0 aromatic heterocycles. The highest BCUT2D eigenvalue weighted by atomic mass is 19.4. The third-order valence-corrected chi connectivity index (χ3v) is 8.44. The minimum Gasteiger partial charge on any atom is -0.493 e. The third kappa shape index (κ3) is 6.98. The molecule has 2 atom stereocenters. The zero-order valence-corrected chi connectivity index (χ0v) is 25.5. The summed E-state index contributed by atoms with van der Waals surface area (Å²) in [5, 5.41) is 19.1. The summed E-state index contributed by atoms with van der Waals surface area (Å²) >= 11 is 0. The first-order valence-corrected chi connectivity index (χ1v) is 15.0. The Labute approximate surface area is 255 Å². The van der Waals surface area contributed by atoms with E-state index in [-0.39, 0.29) is 30.4 Å². The van der Waals surface area contributed by atoms with Gasteiger partial charge in [-0.3, -0.25) is 4.79 Å². The van der Waals surface area contributed by atoms with Crippen molar-refractivity contribution in [2.75, 3.05) is 19.8 Å². The smallest absolute Gasteiger partial charge is 0.417 e. The second-order valence-corrected chi connectivity index (χ2v) is 12.6. The van der Waals surface area contributed by atoms with Crippen LogP contribution in [0.25, 0.3) is 11.1 Å². The monoisotopic (exact) mass is 612 g/mol. The molecule has 9 heteroatoms. The van der Waals surface area contributed by atoms with Gasteiger partial charge in [0.15, 0.2) is 0 Å². The van der Waals surface area contributed by atoms with Crippen LogP contribution in [0.2, 0.25) is 0 Å². The van der Waals surface area contributed by atoms with Crippen molar-refractivity contribution in [1.29, 1.82) is 0 Å². The molecule has 44 heavy (non-hydrogen) atoms. The highest BCUT2D eigenvalue weighted by Crippen LogP contribution is 2.48. The summed E-state index contributed by atoms with van der Waals surface area (Å²) < 4.78 is 60.5. The summed E-state index contributed by atoms with van der Waals surface area (Å²) in [5.74, 6) is 0.903. The Hall–Kier alpha value is -3.72. The van der Waals surface area contributed by atoms with Crippen LogP contribution < -0.4 is 14.2 Å². The highest BCUT2D eigenvalue weighted by Gasteiger charge is 2.38. The molecule has 0 bridgehead atoms. The average Bonchev–Trinajstić information content (AvgIpc) is 3.52. The number of carboxylic acids is 1. The Kier molecular flexibility index (Phi) is 8.89. The molecular weight excluding hydrogens is 573 g/mol. The van der Waals surface area contributed by atoms with Crippen LogP contribution in [0, 0.1) is 13.8 Å². The van der Waals surface area contributed by atoms with Gasteiger partial charge in [0.25, 0.3) is 0 Å². The van der Waals surface area contributed by atoms with Crippen LogP contribution in [0.4, 0.5) is 13.2 Å². The van der Waals surface area contributed by atoms with Gasteiger partial charge >= 0.3 is 12.1 Å². The molecule has 2 N–H and O–H groups in total. The second-order valence-electron chi connectivity index (χ2n) is 12.6. The molecule has 0 fully saturated rings. The van der Waals surface area contributed by atoms with E-state index in [2.05, 4.69) is 0 Å². The molecule has 0 amide bonds. The second kappa shape index (κ2) is 12.3. The first-order chi connectivity index (χ1) is 20.7. The minimum absolute atomic E-state index is 0.0181. The topological polar surface area (TPSA) is 85.2 Å². The molecule has 1 aliphatic carbocycles. The van der Waals surface area contributed by atoms with Gasteiger partial charge in [-0.1, -0.05) is 12.1 Å². The number of aryl methyl sites for hydroxylation is 2. The fraction of sp³-hybridized carbons (Fsp3) is 0.457. The van der Waals surface area contributed by atoms with Crippen LogP contribution in [-0.2, 0) is 17.4 Å². The van der Waals surface area contributed by atoms with Crippen LogP contribution in [0.3, 0.4) is 0 Å². The molecule has 2 unspecified atom stereocenters. The van der Waals surface area contributed by atoms with Crippen molar-refractivity contribution in [3.05, 3.63) is 75.8 Å². The van der Waals surface area contributed by atoms with Crippen LogP contribution in [0.1, 0.15) is 84.7 Å². The molecule has 236 valence electrons. The molecule has 1 aliphatic heterocycles. The van der Waals surface area contributed by atoms with E-state index in [1.165, 1.54) is 6.07 Å². The van der Waals surface area contributed by atoms with E-state index in [4.69, 9.17) is 19.3 Å². The van der Waals surface area contributed by atoms with Crippen LogP contribution >= 0.6 is 0 Å². The van der Waals surface area contributed by atoms with E-state index in [1.54, 1.807) is 52.0 Å². The zero-order chi connectivity index (χ0) is 31.8. The number of benzene rings is 3. The minimum atomic E-state index is -4.50. The largest absolute Gasteiger partial charge is 0.493 e. The molecule has 3 aromatic carbocycles. The summed E-state index contributed by atoms with van der Waals surface area (Å²) in [7, 11) is 0. The summed E-state index contributed by atoms with van der Waals surface area (Å²) in [6.45, 7) is 7.73. The zero-order valence-electron chi connectivity index (χ0n) is 25.5. The standard InChI is InChI=1S/C35H39F3O6/c1-20-14-25(44-19-34(3,4)41)15-21(2)32(20)33-28-9-7-22(26(28)11-12-29(33)35(36,37)38)6-5-13-42-24-8-10-27-23(16-31(39)40)18-43-30(27)17-24/h8,10-12,14-15,17,22-23,41H,5-7,9,13,16,18-19H2,1-4H3,(H,39,40). The quantitative estimate of drug-likeness (QED) is 0.214. The van der Waals surface area contributed by atoms with Crippen molar-refractivity contribution in [2.45, 2.75) is 83.4 Å². The van der Waals surface area contributed by atoms with Crippen molar-refractivity contribution in [3.8, 4) is 28.4 Å². The van der Waals surface area contributed by atoms with Crippen molar-refractivity contribution < 1.29 is 42.4 Å². The number of fused-ring (bicyclic) bond motifs is 2. The van der Waals surface area contributed by atoms with Crippen molar-refractivity contribution >= 4 is 5.97 Å². The SMILES string of the molecule is Cc1cc(OCC(C)(C)O)cc(C)c1-c1c(C(F)(F)F)ccc2c1CCC2CCCOc1ccc2c(c1)OCC2CC(=O)O. The predicted molar refractivity (Wildman–Crippen MR) is 161 cm³/mol. The van der Waals surface area contributed by atoms with Gasteiger partial charge in [-0.05, 0) is 117 Å². The number of carbonyl (C=O) groups is 1. The Bertz CT molecular complexity index is 1520. The number of alkyl halides is 3. The highest BCUT2D eigenvalue weighted by molar-refractivity contribution is 5.80. The first-order valence-electron chi connectivity index (χ1n) is 15.0. The van der Waals surface area contributed by atoms with Gasteiger partial charge in [0.1, 0.15) is 23.9 Å². The first kappa shape index (κ1) is 31.7. The maximum atomic E-state index is 14.4. The number of hydrogen-bond acceptors (Lipinski definition) is 5. The van der Waals surface area contributed by atoms with Crippen LogP contribution in [0.5, 0.6) is 17.2 Å². The lowest BCUT2D eigenvalue weighted by molar-refractivity contribution is -0.138. The van der Waals surface area contributed by atoms with E-state index in [0.29, 0.717) is 53.6 Å². The van der Waals surface area contributed by atoms with Crippen LogP contribution in [-0.4, -0.2) is 41.6 Å². The molecule has 6 nitrogen and oxygen atoms in total. The number of ether oxygens (including phenoxy) is 3. The molecule has 0 saturated heterocycles. The van der Waals surface area contributed by atoms with Gasteiger partial charge in [-0.15, -0.1) is 0 Å². The average molecular weight is 613 g/mol. The molecule has 0 radical (unpaired) electrons. The number of aliphatic carboxylic acids is 1. The number of halogens is 3. The van der Waals surface area contributed by atoms with Gasteiger partial charge in [0.2, 0.25) is 0 Å². The lowest BCUT2D eigenvalue weighted by Gasteiger charge is -2.23. The third-order valence-electron chi connectivity index (χ3n) is 8.44. The van der Waals surface area contributed by atoms with E-state index in [9.17, 15) is 23.1 Å². The fourth-order valence-corrected chi connectivity index (χ4v) is 6.52. The van der Waals surface area contributed by atoms with Crippen molar-refractivity contribution in [2.24, 2.45) is 0 Å². The van der Waals surface area contributed by atoms with Gasteiger partial charge in [0.05, 0.1) is 30.8 Å². The van der Waals surface area contributed by atoms with Gasteiger partial charge < -0.3 is 24.4 Å². The Balaban J connectivity index is 1.31. The maximum absolute atomic E-state index is 14.4. The molecule has 0 saturated carbocycles. The lowest BCUT2D eigenvalue weighted by atomic mass is 9.85. The van der Waals surface area contributed by atoms with Gasteiger partial charge in [-0.25, -0.2) is 0 Å². The number of hydrogen-bond donors (Lipinski definition) is 2. The molecule has 3 aromatic rings. The summed E-state index contributed by atoms with van der Waals surface area (Å²) in [4.78, 5) is 11.1. The van der Waals surface area contributed by atoms with E-state index in [0.717, 1.165) is 36.0 Å². The number of rotatable bonds is 11. The molecule has 5 rings (SSSR count). The van der Waals surface area contributed by atoms with Crippen LogP contribution in [0.15, 0.2) is 42.5 Å². The number of carboxylic acid groups (broad SMARTS) is 1. The molecule has 1 heterocycles. The Morgan fingerprint density at radius 1 is 0.955 bits per heavy atom.